The van der Waals surface area contributed by atoms with E-state index in [1.165, 1.54) is 25.0 Å². The summed E-state index contributed by atoms with van der Waals surface area (Å²) >= 11 is 6.60. The van der Waals surface area contributed by atoms with E-state index in [-0.39, 0.29) is 35.6 Å². The molecule has 2 aromatic carbocycles. The topological polar surface area (TPSA) is 134 Å². The Balaban J connectivity index is 1.40. The van der Waals surface area contributed by atoms with Crippen LogP contribution in [0.3, 0.4) is 0 Å². The van der Waals surface area contributed by atoms with Crippen molar-refractivity contribution in [2.45, 2.75) is 45.2 Å². The first-order valence-corrected chi connectivity index (χ1v) is 15.4. The number of rotatable bonds is 12. The normalized spacial score (nSPS) is 14.4. The van der Waals surface area contributed by atoms with Gasteiger partial charge in [0.2, 0.25) is 11.8 Å². The van der Waals surface area contributed by atoms with E-state index in [1.54, 1.807) is 42.6 Å². The van der Waals surface area contributed by atoms with Crippen LogP contribution in [0, 0.1) is 5.92 Å². The molecule has 2 unspecified atom stereocenters. The number of carbonyl (C=O) groups is 2. The molecule has 0 fully saturated rings. The van der Waals surface area contributed by atoms with E-state index in [0.29, 0.717) is 48.5 Å². The van der Waals surface area contributed by atoms with E-state index in [1.807, 2.05) is 25.1 Å². The van der Waals surface area contributed by atoms with Crippen LogP contribution in [0.25, 0.3) is 11.1 Å². The summed E-state index contributed by atoms with van der Waals surface area (Å²) in [6, 6.07) is 15.3. The quantitative estimate of drug-likeness (QED) is 0.228. The summed E-state index contributed by atoms with van der Waals surface area (Å²) in [7, 11) is 2.98. The monoisotopic (exact) mass is 645 g/mol. The van der Waals surface area contributed by atoms with E-state index in [9.17, 15) is 19.2 Å². The van der Waals surface area contributed by atoms with Crippen molar-refractivity contribution in [2.75, 3.05) is 31.5 Å². The van der Waals surface area contributed by atoms with Gasteiger partial charge < -0.3 is 20.1 Å². The number of hydrogen-bond donors (Lipinski definition) is 2. The van der Waals surface area contributed by atoms with Gasteiger partial charge in [0.25, 0.3) is 5.56 Å². The Kier molecular flexibility index (Phi) is 10.3. The van der Waals surface area contributed by atoms with Crippen LogP contribution < -0.4 is 26.6 Å². The number of ether oxygens (including phenoxy) is 2. The smallest absolute Gasteiger partial charge is 0.331 e. The second-order valence-corrected chi connectivity index (χ2v) is 11.6. The molecule has 5 rings (SSSR count). The van der Waals surface area contributed by atoms with Crippen molar-refractivity contribution in [3.05, 3.63) is 104 Å². The number of nitrogens with zero attached hydrogens (tertiary/aromatic N) is 3. The molecule has 2 N–H and O–H groups in total. The number of fused-ring (bicyclic) bond motifs is 1. The highest BCUT2D eigenvalue weighted by atomic mass is 35.5. The predicted octanol–water partition coefficient (Wildman–Crippen LogP) is 4.71. The Morgan fingerprint density at radius 2 is 1.83 bits per heavy atom. The van der Waals surface area contributed by atoms with Gasteiger partial charge in [-0.2, -0.15) is 0 Å². The maximum absolute atomic E-state index is 13.8. The van der Waals surface area contributed by atoms with E-state index in [2.05, 4.69) is 15.6 Å². The third kappa shape index (κ3) is 7.05. The van der Waals surface area contributed by atoms with Crippen LogP contribution in [0.2, 0.25) is 5.02 Å². The van der Waals surface area contributed by atoms with E-state index in [0.717, 1.165) is 15.7 Å². The molecule has 0 spiro atoms. The lowest BCUT2D eigenvalue weighted by Crippen LogP contribution is -2.45. The fourth-order valence-electron chi connectivity index (χ4n) is 5.83. The zero-order valence-electron chi connectivity index (χ0n) is 25.9. The number of nitrogens with one attached hydrogen (secondary N) is 2. The molecule has 11 nitrogen and oxygen atoms in total. The summed E-state index contributed by atoms with van der Waals surface area (Å²) in [6.45, 7) is 1.74. The molecule has 4 aromatic rings. The third-order valence-corrected chi connectivity index (χ3v) is 8.42. The zero-order chi connectivity index (χ0) is 32.8. The van der Waals surface area contributed by atoms with Crippen molar-refractivity contribution in [3.8, 4) is 16.9 Å². The Hall–Kier alpha value is -4.74. The van der Waals surface area contributed by atoms with Gasteiger partial charge in [0.1, 0.15) is 18.1 Å². The number of amides is 2. The minimum absolute atomic E-state index is 0.114. The van der Waals surface area contributed by atoms with Gasteiger partial charge in [-0.05, 0) is 60.7 Å². The summed E-state index contributed by atoms with van der Waals surface area (Å²) in [5.74, 6) is 0.0364. The van der Waals surface area contributed by atoms with Crippen molar-refractivity contribution in [3.63, 3.8) is 0 Å². The lowest BCUT2D eigenvalue weighted by atomic mass is 10.1. The van der Waals surface area contributed by atoms with Gasteiger partial charge in [0.05, 0.1) is 30.3 Å². The lowest BCUT2D eigenvalue weighted by molar-refractivity contribution is -0.119. The number of halogens is 1. The first kappa shape index (κ1) is 32.6. The summed E-state index contributed by atoms with van der Waals surface area (Å²) < 4.78 is 13.1. The highest BCUT2D eigenvalue weighted by Gasteiger charge is 2.28. The second-order valence-electron chi connectivity index (χ2n) is 11.2. The Labute approximate surface area is 271 Å². The minimum Gasteiger partial charge on any atom is -0.495 e. The Bertz CT molecular complexity index is 1850. The molecule has 0 aliphatic heterocycles. The van der Waals surface area contributed by atoms with Crippen LogP contribution in [0.5, 0.6) is 5.75 Å². The molecule has 0 bridgehead atoms. The van der Waals surface area contributed by atoms with Gasteiger partial charge in [-0.25, -0.2) is 9.78 Å². The van der Waals surface area contributed by atoms with Gasteiger partial charge >= 0.3 is 5.69 Å². The molecule has 2 heterocycles. The van der Waals surface area contributed by atoms with Crippen LogP contribution in [-0.4, -0.2) is 46.8 Å². The number of methoxy groups -OCH3 is 2. The van der Waals surface area contributed by atoms with Crippen LogP contribution in [0.4, 0.5) is 11.5 Å². The zero-order valence-corrected chi connectivity index (χ0v) is 26.7. The predicted molar refractivity (Wildman–Crippen MR) is 177 cm³/mol. The van der Waals surface area contributed by atoms with Crippen LogP contribution in [-0.2, 0) is 33.7 Å². The molecule has 1 aliphatic carbocycles. The van der Waals surface area contributed by atoms with Crippen molar-refractivity contribution < 1.29 is 19.1 Å². The maximum atomic E-state index is 13.8. The molecule has 12 heteroatoms. The molecule has 2 aromatic heterocycles. The molecule has 0 saturated heterocycles. The van der Waals surface area contributed by atoms with Crippen LogP contribution >= 0.6 is 11.6 Å². The van der Waals surface area contributed by atoms with Crippen molar-refractivity contribution >= 4 is 34.9 Å². The van der Waals surface area contributed by atoms with E-state index < -0.39 is 23.2 Å². The van der Waals surface area contributed by atoms with Gasteiger partial charge in [-0.3, -0.25) is 23.5 Å². The maximum Gasteiger partial charge on any atom is 0.331 e. The fraction of sp³-hybridized carbons (Fsp3) is 0.324. The number of benzene rings is 2. The van der Waals surface area contributed by atoms with Crippen molar-refractivity contribution in [2.24, 2.45) is 5.92 Å². The molecule has 240 valence electrons. The minimum atomic E-state index is -0.630. The SMILES string of the molecule is CCCC(COC)n1c(=O)c(-c2cccc(OC)c2Cl)cn(CC(=O)Nc2ccc3c(c2)CC(C(=O)Nc2ccccn2)C3)c1=O. The van der Waals surface area contributed by atoms with Gasteiger partial charge in [0, 0.05) is 36.7 Å². The van der Waals surface area contributed by atoms with Crippen molar-refractivity contribution in [1.82, 2.24) is 14.1 Å². The molecule has 2 atom stereocenters. The summed E-state index contributed by atoms with van der Waals surface area (Å²) in [5.41, 5.74) is 1.89. The van der Waals surface area contributed by atoms with E-state index >= 15 is 0 Å². The first-order chi connectivity index (χ1) is 22.2. The summed E-state index contributed by atoms with van der Waals surface area (Å²) in [6.07, 6.45) is 5.30. The third-order valence-electron chi connectivity index (χ3n) is 8.03. The summed E-state index contributed by atoms with van der Waals surface area (Å²) in [4.78, 5) is 57.9. The molecule has 1 aliphatic rings. The molecule has 0 radical (unpaired) electrons. The summed E-state index contributed by atoms with van der Waals surface area (Å²) in [5, 5.41) is 5.94. The molecule has 46 heavy (non-hydrogen) atoms. The van der Waals surface area contributed by atoms with Gasteiger partial charge in [-0.1, -0.05) is 49.2 Å². The van der Waals surface area contributed by atoms with Gasteiger partial charge in [-0.15, -0.1) is 0 Å². The number of hydrogen-bond acceptors (Lipinski definition) is 7. The lowest BCUT2D eigenvalue weighted by Gasteiger charge is -2.21. The van der Waals surface area contributed by atoms with Crippen molar-refractivity contribution in [1.29, 1.82) is 0 Å². The van der Waals surface area contributed by atoms with Crippen LogP contribution in [0.15, 0.2) is 76.6 Å². The van der Waals surface area contributed by atoms with Crippen LogP contribution in [0.1, 0.15) is 36.9 Å². The molecular weight excluding hydrogens is 610 g/mol. The number of pyridine rings is 1. The standard InChI is InChI=1S/C34H36ClN5O6/c1-4-8-25(20-45-2)40-33(43)27(26-9-7-10-28(46-3)31(26)35)18-39(34(40)44)19-30(41)37-24-13-12-21-15-23(16-22(21)17-24)32(42)38-29-11-5-6-14-36-29/h5-7,9-14,17-18,23,25H,4,8,15-16,19-20H2,1-3H3,(H,37,41)(H,36,38,42). The molecular formula is C34H36ClN5O6. The first-order valence-electron chi connectivity index (χ1n) is 15.0. The Morgan fingerprint density at radius 1 is 1.02 bits per heavy atom. The molecule has 2 amide bonds. The largest absolute Gasteiger partial charge is 0.495 e. The average Bonchev–Trinajstić information content (AvgIpc) is 3.47. The Morgan fingerprint density at radius 3 is 2.54 bits per heavy atom. The fourth-order valence-corrected chi connectivity index (χ4v) is 6.14. The van der Waals surface area contributed by atoms with E-state index in [4.69, 9.17) is 21.1 Å². The second kappa shape index (κ2) is 14.6. The van der Waals surface area contributed by atoms with Gasteiger partial charge in [0.15, 0.2) is 0 Å². The number of carbonyl (C=O) groups excluding carboxylic acids is 2. The highest BCUT2D eigenvalue weighted by Crippen LogP contribution is 2.34. The highest BCUT2D eigenvalue weighted by molar-refractivity contribution is 6.34. The molecule has 0 saturated carbocycles. The average molecular weight is 646 g/mol. The number of anilines is 2. The number of aromatic nitrogens is 3.